The van der Waals surface area contributed by atoms with Crippen LogP contribution >= 0.6 is 11.3 Å². The number of hydrogen-bond acceptors (Lipinski definition) is 5. The Morgan fingerprint density at radius 2 is 1.64 bits per heavy atom. The van der Waals surface area contributed by atoms with E-state index in [1.807, 2.05) is 48.5 Å². The molecule has 5 rings (SSSR count). The van der Waals surface area contributed by atoms with Crippen molar-refractivity contribution in [3.63, 3.8) is 0 Å². The summed E-state index contributed by atoms with van der Waals surface area (Å²) in [4.78, 5) is 30.7. The third kappa shape index (κ3) is 2.82. The fourth-order valence-corrected chi connectivity index (χ4v) is 4.07. The Balaban J connectivity index is 1.53. The molecule has 0 radical (unpaired) electrons. The highest BCUT2D eigenvalue weighted by Crippen LogP contribution is 2.29. The first-order valence-corrected chi connectivity index (χ1v) is 9.54. The summed E-state index contributed by atoms with van der Waals surface area (Å²) in [5, 5.41) is 2.55. The molecule has 2 aromatic heterocycles. The lowest BCUT2D eigenvalue weighted by atomic mass is 10.0. The maximum Gasteiger partial charge on any atom is 0.347 e. The second kappa shape index (κ2) is 6.55. The van der Waals surface area contributed by atoms with Gasteiger partial charge >= 0.3 is 5.63 Å². The van der Waals surface area contributed by atoms with Crippen LogP contribution in [0, 0.1) is 0 Å². The molecule has 0 fully saturated rings. The lowest BCUT2D eigenvalue weighted by molar-refractivity contribution is 0.104. The molecule has 5 aromatic rings. The van der Waals surface area contributed by atoms with E-state index in [0.717, 1.165) is 10.8 Å². The number of para-hydroxylation sites is 1. The number of hydrogen-bond donors (Lipinski definition) is 0. The van der Waals surface area contributed by atoms with Gasteiger partial charge in [-0.1, -0.05) is 48.5 Å². The molecular weight excluding hydrogens is 370 g/mol. The summed E-state index contributed by atoms with van der Waals surface area (Å²) in [6, 6.07) is 24.1. The van der Waals surface area contributed by atoms with Crippen molar-refractivity contribution in [1.82, 2.24) is 4.98 Å². The van der Waals surface area contributed by atoms with Crippen molar-refractivity contribution in [2.45, 2.75) is 0 Å². The third-order valence-corrected chi connectivity index (χ3v) is 5.66. The van der Waals surface area contributed by atoms with Crippen LogP contribution in [0.15, 0.2) is 88.1 Å². The lowest BCUT2D eigenvalue weighted by Crippen LogP contribution is -2.02. The van der Waals surface area contributed by atoms with Crippen LogP contribution < -0.4 is 5.63 Å². The number of thiophene rings is 1. The minimum atomic E-state index is -0.434. The van der Waals surface area contributed by atoms with Gasteiger partial charge in [-0.3, -0.25) is 4.79 Å². The summed E-state index contributed by atoms with van der Waals surface area (Å²) < 4.78 is 5.37. The molecule has 3 aromatic carbocycles. The first-order chi connectivity index (χ1) is 13.7. The van der Waals surface area contributed by atoms with Crippen molar-refractivity contribution in [1.29, 1.82) is 0 Å². The molecule has 4 nitrogen and oxygen atoms in total. The van der Waals surface area contributed by atoms with Crippen LogP contribution in [0.2, 0.25) is 0 Å². The molecule has 0 saturated heterocycles. The second-order valence-corrected chi connectivity index (χ2v) is 7.46. The summed E-state index contributed by atoms with van der Waals surface area (Å²) in [5.41, 5.74) is 0.765. The standard InChI is InChI=1S/C23H13NO3S/c25-21(16-10-9-14-5-1-2-6-15(14)13-16)19-11-12-20(28-19)22-24-18-8-4-3-7-17(18)23(26)27-22/h1-13H. The number of benzene rings is 3. The second-order valence-electron chi connectivity index (χ2n) is 6.38. The number of rotatable bonds is 3. The smallest absolute Gasteiger partial charge is 0.347 e. The molecule has 134 valence electrons. The van der Waals surface area contributed by atoms with Crippen LogP contribution in [0.1, 0.15) is 15.2 Å². The number of ketones is 1. The Morgan fingerprint density at radius 1 is 0.857 bits per heavy atom. The summed E-state index contributed by atoms with van der Waals surface area (Å²) >= 11 is 1.27. The minimum Gasteiger partial charge on any atom is -0.402 e. The van der Waals surface area contributed by atoms with Gasteiger partial charge in [0.15, 0.2) is 0 Å². The van der Waals surface area contributed by atoms with Crippen LogP contribution in [0.3, 0.4) is 0 Å². The number of fused-ring (bicyclic) bond motifs is 2. The quantitative estimate of drug-likeness (QED) is 0.397. The molecule has 0 N–H and O–H groups in total. The first kappa shape index (κ1) is 16.6. The van der Waals surface area contributed by atoms with Crippen LogP contribution in [0.5, 0.6) is 0 Å². The molecule has 28 heavy (non-hydrogen) atoms. The predicted molar refractivity (Wildman–Crippen MR) is 111 cm³/mol. The van der Waals surface area contributed by atoms with Crippen molar-refractivity contribution in [2.24, 2.45) is 0 Å². The number of carbonyl (C=O) groups excluding carboxylic acids is 1. The molecule has 0 aliphatic carbocycles. The summed E-state index contributed by atoms with van der Waals surface area (Å²) in [6.45, 7) is 0. The van der Waals surface area contributed by atoms with Gasteiger partial charge in [0.1, 0.15) is 0 Å². The van der Waals surface area contributed by atoms with Gasteiger partial charge in [-0.15, -0.1) is 11.3 Å². The fourth-order valence-electron chi connectivity index (χ4n) is 3.17. The number of aromatic nitrogens is 1. The molecular formula is C23H13NO3S. The van der Waals surface area contributed by atoms with Crippen LogP contribution in [-0.2, 0) is 0 Å². The van der Waals surface area contributed by atoms with Gasteiger partial charge in [0.25, 0.3) is 0 Å². The summed E-state index contributed by atoms with van der Waals surface area (Å²) in [5.74, 6) is 0.163. The number of nitrogens with zero attached hydrogens (tertiary/aromatic N) is 1. The zero-order valence-corrected chi connectivity index (χ0v) is 15.4. The van der Waals surface area contributed by atoms with E-state index in [1.54, 1.807) is 30.3 Å². The van der Waals surface area contributed by atoms with E-state index < -0.39 is 5.63 Å². The first-order valence-electron chi connectivity index (χ1n) is 8.73. The van der Waals surface area contributed by atoms with Gasteiger partial charge in [0, 0.05) is 5.56 Å². The van der Waals surface area contributed by atoms with E-state index in [-0.39, 0.29) is 11.7 Å². The normalized spacial score (nSPS) is 11.1. The van der Waals surface area contributed by atoms with Crippen LogP contribution in [-0.4, -0.2) is 10.8 Å². The average Bonchev–Trinajstić information content (AvgIpc) is 3.23. The molecule has 0 saturated carbocycles. The van der Waals surface area contributed by atoms with Crippen molar-refractivity contribution >= 4 is 38.8 Å². The predicted octanol–water partition coefficient (Wildman–Crippen LogP) is 5.30. The third-order valence-electron chi connectivity index (χ3n) is 4.59. The molecule has 0 aliphatic heterocycles. The topological polar surface area (TPSA) is 60.2 Å². The van der Waals surface area contributed by atoms with Crippen LogP contribution in [0.4, 0.5) is 0 Å². The van der Waals surface area contributed by atoms with Crippen molar-refractivity contribution in [3.05, 3.63) is 99.7 Å². The molecule has 0 aliphatic rings. The average molecular weight is 383 g/mol. The van der Waals surface area contributed by atoms with E-state index in [0.29, 0.717) is 26.2 Å². The highest BCUT2D eigenvalue weighted by atomic mass is 32.1. The molecule has 0 spiro atoms. The van der Waals surface area contributed by atoms with Crippen molar-refractivity contribution in [2.75, 3.05) is 0 Å². The SMILES string of the molecule is O=C(c1ccc2ccccc2c1)c1ccc(-c2nc3ccccc3c(=O)o2)s1. The summed E-state index contributed by atoms with van der Waals surface area (Å²) in [6.07, 6.45) is 0. The van der Waals surface area contributed by atoms with Gasteiger partial charge in [-0.05, 0) is 41.1 Å². The number of carbonyl (C=O) groups is 1. The monoisotopic (exact) mass is 383 g/mol. The lowest BCUT2D eigenvalue weighted by Gasteiger charge is -2.02. The van der Waals surface area contributed by atoms with Gasteiger partial charge in [0.2, 0.25) is 11.7 Å². The maximum atomic E-state index is 12.9. The molecule has 0 unspecified atom stereocenters. The van der Waals surface area contributed by atoms with Gasteiger partial charge in [0.05, 0.1) is 20.7 Å². The van der Waals surface area contributed by atoms with E-state index in [9.17, 15) is 9.59 Å². The molecule has 0 bridgehead atoms. The zero-order chi connectivity index (χ0) is 19.1. The highest BCUT2D eigenvalue weighted by Gasteiger charge is 2.16. The van der Waals surface area contributed by atoms with Gasteiger partial charge < -0.3 is 4.42 Å². The van der Waals surface area contributed by atoms with Crippen LogP contribution in [0.25, 0.3) is 32.4 Å². The zero-order valence-electron chi connectivity index (χ0n) is 14.6. The molecule has 0 atom stereocenters. The Bertz CT molecular complexity index is 1410. The Hall–Kier alpha value is -3.57. The van der Waals surface area contributed by atoms with Gasteiger partial charge in [-0.25, -0.2) is 9.78 Å². The Morgan fingerprint density at radius 3 is 2.54 bits per heavy atom. The van der Waals surface area contributed by atoms with E-state index >= 15 is 0 Å². The Labute approximate surface area is 163 Å². The van der Waals surface area contributed by atoms with Crippen molar-refractivity contribution in [3.8, 4) is 10.8 Å². The van der Waals surface area contributed by atoms with E-state index in [2.05, 4.69) is 4.98 Å². The molecule has 0 amide bonds. The minimum absolute atomic E-state index is 0.0647. The van der Waals surface area contributed by atoms with E-state index in [4.69, 9.17) is 4.42 Å². The van der Waals surface area contributed by atoms with E-state index in [1.165, 1.54) is 11.3 Å². The fraction of sp³-hybridized carbons (Fsp3) is 0. The maximum absolute atomic E-state index is 12.9. The molecule has 2 heterocycles. The van der Waals surface area contributed by atoms with Crippen molar-refractivity contribution < 1.29 is 9.21 Å². The highest BCUT2D eigenvalue weighted by molar-refractivity contribution is 7.17. The van der Waals surface area contributed by atoms with Gasteiger partial charge in [-0.2, -0.15) is 0 Å². The molecule has 5 heteroatoms. The summed E-state index contributed by atoms with van der Waals surface area (Å²) in [7, 11) is 0. The Kier molecular flexibility index (Phi) is 3.88. The largest absolute Gasteiger partial charge is 0.402 e.